The van der Waals surface area contributed by atoms with Crippen molar-refractivity contribution in [1.82, 2.24) is 19.8 Å². The Bertz CT molecular complexity index is 979. The molecule has 1 aliphatic carbocycles. The summed E-state index contributed by atoms with van der Waals surface area (Å²) in [5.41, 5.74) is 0.845. The lowest BCUT2D eigenvalue weighted by Gasteiger charge is -2.30. The van der Waals surface area contributed by atoms with Crippen molar-refractivity contribution in [2.24, 2.45) is 0 Å². The van der Waals surface area contributed by atoms with Gasteiger partial charge in [-0.1, -0.05) is 31.4 Å². The summed E-state index contributed by atoms with van der Waals surface area (Å²) in [6.07, 6.45) is 4.89. The first kappa shape index (κ1) is 21.3. The van der Waals surface area contributed by atoms with Gasteiger partial charge in [-0.05, 0) is 38.3 Å². The molecule has 1 saturated heterocycles. The number of hydrogen-bond donors (Lipinski definition) is 2. The van der Waals surface area contributed by atoms with Crippen LogP contribution in [0.4, 0.5) is 10.7 Å². The highest BCUT2D eigenvalue weighted by atomic mass is 16.5. The molecule has 4 amide bonds. The second-order valence-electron chi connectivity index (χ2n) is 8.14. The number of carbonyl (C=O) groups is 3. The molecule has 1 aromatic carbocycles. The van der Waals surface area contributed by atoms with E-state index in [0.717, 1.165) is 41.6 Å². The summed E-state index contributed by atoms with van der Waals surface area (Å²) in [5.74, 6) is -0.336. The van der Waals surface area contributed by atoms with Crippen molar-refractivity contribution >= 4 is 34.8 Å². The largest absolute Gasteiger partial charge is 0.382 e. The van der Waals surface area contributed by atoms with E-state index in [9.17, 15) is 14.4 Å². The van der Waals surface area contributed by atoms with Gasteiger partial charge in [0.05, 0.1) is 11.0 Å². The first-order valence-corrected chi connectivity index (χ1v) is 11.0. The molecule has 1 saturated carbocycles. The topological polar surface area (TPSA) is 106 Å². The van der Waals surface area contributed by atoms with Gasteiger partial charge in [0.15, 0.2) is 0 Å². The van der Waals surface area contributed by atoms with Crippen LogP contribution in [0.25, 0.3) is 11.0 Å². The average molecular weight is 428 g/mol. The number of imidazole rings is 1. The van der Waals surface area contributed by atoms with Crippen molar-refractivity contribution in [3.05, 3.63) is 24.3 Å². The summed E-state index contributed by atoms with van der Waals surface area (Å²) >= 11 is 0. The molecule has 2 aliphatic rings. The number of amides is 4. The van der Waals surface area contributed by atoms with Gasteiger partial charge in [0.25, 0.3) is 5.91 Å². The molecule has 9 nitrogen and oxygen atoms in total. The second-order valence-corrected chi connectivity index (χ2v) is 8.14. The lowest BCUT2D eigenvalue weighted by molar-refractivity contribution is -0.134. The molecule has 4 rings (SSSR count). The zero-order valence-electron chi connectivity index (χ0n) is 17.9. The smallest absolute Gasteiger partial charge is 0.325 e. The number of urea groups is 1. The number of rotatable bonds is 8. The van der Waals surface area contributed by atoms with E-state index in [4.69, 9.17) is 4.74 Å². The van der Waals surface area contributed by atoms with Crippen molar-refractivity contribution < 1.29 is 19.1 Å². The van der Waals surface area contributed by atoms with Crippen molar-refractivity contribution in [1.29, 1.82) is 0 Å². The third-order valence-electron chi connectivity index (χ3n) is 6.04. The summed E-state index contributed by atoms with van der Waals surface area (Å²) in [6.45, 7) is 3.52. The van der Waals surface area contributed by atoms with Gasteiger partial charge in [-0.2, -0.15) is 0 Å². The van der Waals surface area contributed by atoms with E-state index in [1.54, 1.807) is 0 Å². The number of benzene rings is 1. The molecule has 166 valence electrons. The normalized spacial score (nSPS) is 18.0. The fraction of sp³-hybridized carbons (Fsp3) is 0.545. The maximum absolute atomic E-state index is 12.9. The molecule has 9 heteroatoms. The van der Waals surface area contributed by atoms with Gasteiger partial charge in [-0.15, -0.1) is 0 Å². The summed E-state index contributed by atoms with van der Waals surface area (Å²) in [7, 11) is 0. The molecule has 0 radical (unpaired) electrons. The summed E-state index contributed by atoms with van der Waals surface area (Å²) < 4.78 is 7.35. The summed E-state index contributed by atoms with van der Waals surface area (Å²) in [5, 5.41) is 5.63. The van der Waals surface area contributed by atoms with Crippen LogP contribution in [-0.2, 0) is 20.9 Å². The number of fused-ring (bicyclic) bond motifs is 1. The Kier molecular flexibility index (Phi) is 6.22. The number of anilines is 1. The second kappa shape index (κ2) is 9.05. The van der Waals surface area contributed by atoms with Gasteiger partial charge in [0, 0.05) is 19.8 Å². The molecule has 0 bridgehead atoms. The van der Waals surface area contributed by atoms with E-state index >= 15 is 0 Å². The Balaban J connectivity index is 1.47. The molecule has 31 heavy (non-hydrogen) atoms. The number of carbonyl (C=O) groups excluding carboxylic acids is 3. The van der Waals surface area contributed by atoms with Gasteiger partial charge >= 0.3 is 6.03 Å². The standard InChI is InChI=1S/C22H29N5O4/c1-2-31-14-8-13-26-17-10-5-4-9-16(17)23-20(26)24-18(28)15-27-19(29)22(25-21(27)30)11-6-3-7-12-22/h4-5,9-10H,2-3,6-8,11-15H2,1H3,(H,25,30)(H,23,24,28). The maximum atomic E-state index is 12.9. The molecule has 1 spiro atoms. The monoisotopic (exact) mass is 427 g/mol. The Morgan fingerprint density at radius 3 is 2.77 bits per heavy atom. The van der Waals surface area contributed by atoms with Crippen LogP contribution in [0.3, 0.4) is 0 Å². The van der Waals surface area contributed by atoms with Crippen molar-refractivity contribution in [2.45, 2.75) is 57.5 Å². The van der Waals surface area contributed by atoms with Crippen LogP contribution in [0.1, 0.15) is 45.4 Å². The Morgan fingerprint density at radius 1 is 1.23 bits per heavy atom. The molecule has 1 aliphatic heterocycles. The number of nitrogens with one attached hydrogen (secondary N) is 2. The molecule has 0 atom stereocenters. The predicted molar refractivity (Wildman–Crippen MR) is 116 cm³/mol. The minimum absolute atomic E-state index is 0.294. The third-order valence-corrected chi connectivity index (χ3v) is 6.04. The lowest BCUT2D eigenvalue weighted by Crippen LogP contribution is -2.48. The Labute approximate surface area is 181 Å². The van der Waals surface area contributed by atoms with E-state index in [1.165, 1.54) is 0 Å². The van der Waals surface area contributed by atoms with Crippen LogP contribution < -0.4 is 10.6 Å². The predicted octanol–water partition coefficient (Wildman–Crippen LogP) is 2.66. The Hall–Kier alpha value is -2.94. The molecular weight excluding hydrogens is 398 g/mol. The van der Waals surface area contributed by atoms with Gasteiger partial charge in [-0.25, -0.2) is 9.78 Å². The molecule has 2 N–H and O–H groups in total. The van der Waals surface area contributed by atoms with Crippen molar-refractivity contribution in [3.8, 4) is 0 Å². The van der Waals surface area contributed by atoms with Crippen LogP contribution >= 0.6 is 0 Å². The number of nitrogens with zero attached hydrogens (tertiary/aromatic N) is 3. The van der Waals surface area contributed by atoms with Crippen LogP contribution in [0, 0.1) is 0 Å². The SMILES string of the molecule is CCOCCCn1c(NC(=O)CN2C(=O)NC3(CCCCC3)C2=O)nc2ccccc21. The number of ether oxygens (including phenoxy) is 1. The average Bonchev–Trinajstić information content (AvgIpc) is 3.21. The number of aromatic nitrogens is 2. The Morgan fingerprint density at radius 2 is 2.00 bits per heavy atom. The van der Waals surface area contributed by atoms with Crippen LogP contribution in [0.5, 0.6) is 0 Å². The zero-order chi connectivity index (χ0) is 21.8. The van der Waals surface area contributed by atoms with Crippen molar-refractivity contribution in [2.75, 3.05) is 25.1 Å². The van der Waals surface area contributed by atoms with E-state index in [-0.39, 0.29) is 12.5 Å². The summed E-state index contributed by atoms with van der Waals surface area (Å²) in [6, 6.07) is 7.15. The van der Waals surface area contributed by atoms with Crippen LogP contribution in [0.2, 0.25) is 0 Å². The van der Waals surface area contributed by atoms with Gasteiger partial charge in [0.1, 0.15) is 12.1 Å². The first-order chi connectivity index (χ1) is 15.0. The number of para-hydroxylation sites is 2. The lowest BCUT2D eigenvalue weighted by atomic mass is 9.82. The fourth-order valence-corrected chi connectivity index (χ4v) is 4.49. The third kappa shape index (κ3) is 4.27. The quantitative estimate of drug-likeness (QED) is 0.498. The maximum Gasteiger partial charge on any atom is 0.325 e. The van der Waals surface area contributed by atoms with Gasteiger partial charge < -0.3 is 14.6 Å². The molecule has 2 fully saturated rings. The minimum atomic E-state index is -0.831. The number of hydrogen-bond acceptors (Lipinski definition) is 5. The van der Waals surface area contributed by atoms with Crippen molar-refractivity contribution in [3.63, 3.8) is 0 Å². The zero-order valence-corrected chi connectivity index (χ0v) is 17.9. The molecule has 1 aromatic heterocycles. The van der Waals surface area contributed by atoms with E-state index < -0.39 is 17.5 Å². The van der Waals surface area contributed by atoms with Crippen LogP contribution in [0.15, 0.2) is 24.3 Å². The van der Waals surface area contributed by atoms with E-state index in [1.807, 2.05) is 35.8 Å². The highest BCUT2D eigenvalue weighted by molar-refractivity contribution is 6.10. The van der Waals surface area contributed by atoms with Gasteiger partial charge in [-0.3, -0.25) is 19.8 Å². The minimum Gasteiger partial charge on any atom is -0.382 e. The first-order valence-electron chi connectivity index (χ1n) is 11.0. The highest BCUT2D eigenvalue weighted by Gasteiger charge is 2.51. The van der Waals surface area contributed by atoms with E-state index in [2.05, 4.69) is 15.6 Å². The fourth-order valence-electron chi connectivity index (χ4n) is 4.49. The van der Waals surface area contributed by atoms with Crippen LogP contribution in [-0.4, -0.2) is 57.6 Å². The molecule has 2 aromatic rings. The summed E-state index contributed by atoms with van der Waals surface area (Å²) in [4.78, 5) is 43.7. The van der Waals surface area contributed by atoms with Gasteiger partial charge in [0.2, 0.25) is 11.9 Å². The number of aryl methyl sites for hydroxylation is 1. The molecular formula is C22H29N5O4. The molecule has 0 unspecified atom stereocenters. The highest BCUT2D eigenvalue weighted by Crippen LogP contribution is 2.33. The van der Waals surface area contributed by atoms with E-state index in [0.29, 0.717) is 38.5 Å². The molecule has 2 heterocycles. The number of imide groups is 1.